The number of fused-ring (bicyclic) bond motifs is 2. The topological polar surface area (TPSA) is 57.4 Å². The first-order chi connectivity index (χ1) is 14.9. The minimum atomic E-state index is -4.78. The third kappa shape index (κ3) is 4.25. The zero-order chi connectivity index (χ0) is 21.6. The zero-order valence-corrected chi connectivity index (χ0v) is 16.7. The Morgan fingerprint density at radius 1 is 1.13 bits per heavy atom. The van der Waals surface area contributed by atoms with Gasteiger partial charge in [0.2, 0.25) is 0 Å². The van der Waals surface area contributed by atoms with Crippen molar-refractivity contribution >= 4 is 16.8 Å². The molecule has 1 saturated carbocycles. The summed E-state index contributed by atoms with van der Waals surface area (Å²) in [5.41, 5.74) is 2.60. The van der Waals surface area contributed by atoms with Gasteiger partial charge in [0.25, 0.3) is 5.91 Å². The second-order valence-electron chi connectivity index (χ2n) is 8.33. The molecule has 2 heterocycles. The van der Waals surface area contributed by atoms with Crippen molar-refractivity contribution in [3.05, 3.63) is 65.9 Å². The van der Waals surface area contributed by atoms with E-state index in [1.807, 2.05) is 12.1 Å². The molecule has 2 fully saturated rings. The second kappa shape index (κ2) is 7.60. The van der Waals surface area contributed by atoms with E-state index in [0.29, 0.717) is 24.3 Å². The number of benzene rings is 2. The lowest BCUT2D eigenvalue weighted by Crippen LogP contribution is -2.30. The monoisotopic (exact) mass is 429 g/mol. The number of alkyl halides is 3. The summed E-state index contributed by atoms with van der Waals surface area (Å²) >= 11 is 0. The van der Waals surface area contributed by atoms with E-state index in [-0.39, 0.29) is 11.5 Å². The maximum atomic E-state index is 12.4. The average molecular weight is 429 g/mol. The molecule has 5 rings (SSSR count). The molecule has 2 aromatic carbocycles. The number of carbonyl (C=O) groups excluding carboxylic acids is 1. The van der Waals surface area contributed by atoms with Gasteiger partial charge in [-0.1, -0.05) is 24.3 Å². The van der Waals surface area contributed by atoms with Crippen LogP contribution in [0.25, 0.3) is 10.9 Å². The fourth-order valence-corrected chi connectivity index (χ4v) is 4.82. The number of piperidine rings is 1. The summed E-state index contributed by atoms with van der Waals surface area (Å²) in [7, 11) is 0. The van der Waals surface area contributed by atoms with Gasteiger partial charge in [0.15, 0.2) is 0 Å². The minimum absolute atomic E-state index is 0.161. The molecule has 1 amide bonds. The molecule has 1 aromatic heterocycles. The third-order valence-corrected chi connectivity index (χ3v) is 6.34. The van der Waals surface area contributed by atoms with Crippen LogP contribution in [0.1, 0.15) is 15.9 Å². The highest BCUT2D eigenvalue weighted by Gasteiger charge is 2.55. The second-order valence-corrected chi connectivity index (χ2v) is 8.33. The lowest BCUT2D eigenvalue weighted by molar-refractivity contribution is -0.274. The number of hydrogen-bond acceptors (Lipinski definition) is 3. The van der Waals surface area contributed by atoms with Gasteiger partial charge >= 0.3 is 6.36 Å². The molecule has 0 spiro atoms. The molecule has 5 nitrogen and oxygen atoms in total. The van der Waals surface area contributed by atoms with Gasteiger partial charge in [-0.25, -0.2) is 0 Å². The number of amides is 1. The Labute approximate surface area is 177 Å². The van der Waals surface area contributed by atoms with E-state index in [1.165, 1.54) is 29.1 Å². The highest BCUT2D eigenvalue weighted by atomic mass is 19.4. The van der Waals surface area contributed by atoms with E-state index in [4.69, 9.17) is 0 Å². The van der Waals surface area contributed by atoms with Crippen molar-refractivity contribution in [2.45, 2.75) is 12.9 Å². The number of halogens is 3. The van der Waals surface area contributed by atoms with Crippen molar-refractivity contribution in [2.75, 3.05) is 19.6 Å². The van der Waals surface area contributed by atoms with Crippen molar-refractivity contribution in [1.82, 2.24) is 15.2 Å². The number of aromatic amines is 1. The predicted molar refractivity (Wildman–Crippen MR) is 110 cm³/mol. The normalized spacial score (nSPS) is 23.0. The van der Waals surface area contributed by atoms with Crippen LogP contribution in [0.5, 0.6) is 5.75 Å². The Morgan fingerprint density at radius 2 is 1.90 bits per heavy atom. The molecular formula is C23H22F3N3O2. The summed E-state index contributed by atoms with van der Waals surface area (Å²) in [6.07, 6.45) is -2.71. The Kier molecular flexibility index (Phi) is 4.89. The fraction of sp³-hybridized carbons (Fsp3) is 0.348. The van der Waals surface area contributed by atoms with Crippen molar-refractivity contribution in [1.29, 1.82) is 0 Å². The maximum Gasteiger partial charge on any atom is 0.573 e. The SMILES string of the molecule is O=C(NCC1C2CN(Cc3c[nH]c4ccccc34)CC12)c1cccc(OC(F)(F)F)c1. The molecule has 2 aliphatic rings. The molecular weight excluding hydrogens is 407 g/mol. The minimum Gasteiger partial charge on any atom is -0.406 e. The number of carbonyl (C=O) groups is 1. The molecule has 1 saturated heterocycles. The van der Waals surface area contributed by atoms with E-state index in [0.717, 1.165) is 31.2 Å². The third-order valence-electron chi connectivity index (χ3n) is 6.34. The summed E-state index contributed by atoms with van der Waals surface area (Å²) in [5.74, 6) is 0.776. The summed E-state index contributed by atoms with van der Waals surface area (Å²) in [6.45, 7) is 3.45. The van der Waals surface area contributed by atoms with Gasteiger partial charge in [-0.3, -0.25) is 9.69 Å². The van der Waals surface area contributed by atoms with E-state index in [1.54, 1.807) is 0 Å². The maximum absolute atomic E-state index is 12.4. The highest BCUT2D eigenvalue weighted by Crippen LogP contribution is 2.51. The molecule has 31 heavy (non-hydrogen) atoms. The molecule has 1 aliphatic heterocycles. The van der Waals surface area contributed by atoms with Crippen molar-refractivity contribution in [2.24, 2.45) is 17.8 Å². The van der Waals surface area contributed by atoms with Crippen LogP contribution in [0, 0.1) is 17.8 Å². The Bertz CT molecular complexity index is 1100. The summed E-state index contributed by atoms with van der Waals surface area (Å²) < 4.78 is 41.0. The van der Waals surface area contributed by atoms with Gasteiger partial charge in [-0.05, 0) is 47.6 Å². The van der Waals surface area contributed by atoms with E-state index >= 15 is 0 Å². The fourth-order valence-electron chi connectivity index (χ4n) is 4.82. The number of H-pyrrole nitrogens is 1. The number of rotatable bonds is 6. The van der Waals surface area contributed by atoms with Crippen LogP contribution in [-0.4, -0.2) is 41.8 Å². The number of nitrogens with zero attached hydrogens (tertiary/aromatic N) is 1. The summed E-state index contributed by atoms with van der Waals surface area (Å²) in [6, 6.07) is 13.4. The van der Waals surface area contributed by atoms with Gasteiger partial charge in [0, 0.05) is 48.8 Å². The molecule has 1 aliphatic carbocycles. The number of aromatic nitrogens is 1. The molecule has 162 valence electrons. The van der Waals surface area contributed by atoms with Crippen LogP contribution in [0.4, 0.5) is 13.2 Å². The Morgan fingerprint density at radius 3 is 2.68 bits per heavy atom. The average Bonchev–Trinajstić information content (AvgIpc) is 3.04. The van der Waals surface area contributed by atoms with Crippen LogP contribution in [0.3, 0.4) is 0 Å². The molecule has 0 bridgehead atoms. The predicted octanol–water partition coefficient (Wildman–Crippen LogP) is 4.17. The number of para-hydroxylation sites is 1. The number of likely N-dealkylation sites (tertiary alicyclic amines) is 1. The van der Waals surface area contributed by atoms with Crippen LogP contribution in [0.15, 0.2) is 54.7 Å². The number of hydrogen-bond donors (Lipinski definition) is 2. The van der Waals surface area contributed by atoms with Crippen molar-refractivity contribution in [3.63, 3.8) is 0 Å². The Hall–Kier alpha value is -3.00. The van der Waals surface area contributed by atoms with Crippen LogP contribution < -0.4 is 10.1 Å². The number of nitrogens with one attached hydrogen (secondary N) is 2. The van der Waals surface area contributed by atoms with Gasteiger partial charge in [0.1, 0.15) is 5.75 Å². The zero-order valence-electron chi connectivity index (χ0n) is 16.7. The summed E-state index contributed by atoms with van der Waals surface area (Å²) in [5, 5.41) is 4.12. The largest absolute Gasteiger partial charge is 0.573 e. The lowest BCUT2D eigenvalue weighted by Gasteiger charge is -2.19. The molecule has 2 atom stereocenters. The highest BCUT2D eigenvalue weighted by molar-refractivity contribution is 5.94. The standard InChI is InChI=1S/C23H22F3N3O2/c24-23(25,26)31-16-5-3-4-14(8-16)22(30)28-10-18-19-12-29(13-20(18)19)11-15-9-27-21-7-2-1-6-17(15)21/h1-9,18-20,27H,10-13H2,(H,28,30). The molecule has 2 unspecified atom stereocenters. The van der Waals surface area contributed by atoms with Crippen LogP contribution >= 0.6 is 0 Å². The van der Waals surface area contributed by atoms with Crippen molar-refractivity contribution < 1.29 is 22.7 Å². The Balaban J connectivity index is 1.11. The molecule has 8 heteroatoms. The first-order valence-corrected chi connectivity index (χ1v) is 10.3. The lowest BCUT2D eigenvalue weighted by atomic mass is 10.1. The van der Waals surface area contributed by atoms with Gasteiger partial charge < -0.3 is 15.0 Å². The smallest absolute Gasteiger partial charge is 0.406 e. The molecule has 3 aromatic rings. The van der Waals surface area contributed by atoms with Crippen LogP contribution in [0.2, 0.25) is 0 Å². The van der Waals surface area contributed by atoms with E-state index in [9.17, 15) is 18.0 Å². The van der Waals surface area contributed by atoms with Gasteiger partial charge in [0.05, 0.1) is 0 Å². The molecule has 0 radical (unpaired) electrons. The molecule has 2 N–H and O–H groups in total. The van der Waals surface area contributed by atoms with E-state index < -0.39 is 12.1 Å². The first kappa shape index (κ1) is 19.9. The van der Waals surface area contributed by atoms with Crippen molar-refractivity contribution in [3.8, 4) is 5.75 Å². The number of ether oxygens (including phenoxy) is 1. The van der Waals surface area contributed by atoms with Crippen LogP contribution in [-0.2, 0) is 6.54 Å². The van der Waals surface area contributed by atoms with E-state index in [2.05, 4.69) is 38.3 Å². The quantitative estimate of drug-likeness (QED) is 0.618. The summed E-state index contributed by atoms with van der Waals surface area (Å²) in [4.78, 5) is 18.1. The first-order valence-electron chi connectivity index (χ1n) is 10.3. The van der Waals surface area contributed by atoms with Gasteiger partial charge in [-0.15, -0.1) is 13.2 Å². The van der Waals surface area contributed by atoms with Gasteiger partial charge in [-0.2, -0.15) is 0 Å².